The van der Waals surface area contributed by atoms with Crippen molar-refractivity contribution in [1.29, 1.82) is 0 Å². The van der Waals surface area contributed by atoms with Crippen LogP contribution in [-0.4, -0.2) is 21.8 Å². The summed E-state index contributed by atoms with van der Waals surface area (Å²) in [5.41, 5.74) is -0.0486. The van der Waals surface area contributed by atoms with Gasteiger partial charge in [-0.05, 0) is 6.08 Å². The maximum absolute atomic E-state index is 10.3. The van der Waals surface area contributed by atoms with E-state index < -0.39 is 0 Å². The van der Waals surface area contributed by atoms with Gasteiger partial charge in [0, 0.05) is 11.0 Å². The Labute approximate surface area is 62.6 Å². The van der Waals surface area contributed by atoms with E-state index in [0.717, 1.165) is 0 Å². The minimum absolute atomic E-state index is 0.0463. The summed E-state index contributed by atoms with van der Waals surface area (Å²) < 4.78 is 0. The van der Waals surface area contributed by atoms with Crippen LogP contribution in [0.5, 0.6) is 0 Å². The molecule has 0 saturated heterocycles. The third-order valence-corrected chi connectivity index (χ3v) is 1.22. The van der Waals surface area contributed by atoms with Crippen molar-refractivity contribution in [2.75, 3.05) is 0 Å². The number of hydrogen-bond donors (Lipinski definition) is 1. The van der Waals surface area contributed by atoms with Gasteiger partial charge >= 0.3 is 0 Å². The molecule has 56 valence electrons. The number of hydrogen-bond acceptors (Lipinski definition) is 3. The zero-order valence-corrected chi connectivity index (χ0v) is 5.52. The van der Waals surface area contributed by atoms with E-state index in [4.69, 9.17) is 5.21 Å². The fraction of sp³-hybridized carbons (Fsp3) is 0. The molecule has 1 aliphatic rings. The molecule has 11 heavy (non-hydrogen) atoms. The van der Waals surface area contributed by atoms with Gasteiger partial charge in [-0.2, -0.15) is 0 Å². The summed E-state index contributed by atoms with van der Waals surface area (Å²) in [4.78, 5) is 9.77. The summed E-state index contributed by atoms with van der Waals surface area (Å²) in [5.74, 6) is 1.53. The van der Waals surface area contributed by atoms with E-state index in [0.29, 0.717) is 0 Å². The van der Waals surface area contributed by atoms with E-state index in [1.165, 1.54) is 24.2 Å². The highest BCUT2D eigenvalue weighted by molar-refractivity contribution is 6.13. The predicted molar refractivity (Wildman–Crippen MR) is 37.9 cm³/mol. The van der Waals surface area contributed by atoms with Gasteiger partial charge in [0.25, 0.3) is 5.71 Å². The van der Waals surface area contributed by atoms with E-state index in [-0.39, 0.29) is 16.2 Å². The molecule has 0 aromatic heterocycles. The van der Waals surface area contributed by atoms with Crippen molar-refractivity contribution in [3.63, 3.8) is 0 Å². The molecule has 0 bridgehead atoms. The Morgan fingerprint density at radius 2 is 2.09 bits per heavy atom. The molecule has 4 nitrogen and oxygen atoms in total. The van der Waals surface area contributed by atoms with Gasteiger partial charge in [0.2, 0.25) is 0 Å². The van der Waals surface area contributed by atoms with E-state index in [9.17, 15) is 10.0 Å². The molecule has 0 aromatic carbocycles. The van der Waals surface area contributed by atoms with Crippen molar-refractivity contribution in [2.45, 2.75) is 0 Å². The third kappa shape index (κ3) is 1.36. The van der Waals surface area contributed by atoms with Gasteiger partial charge in [-0.15, -0.1) is 0 Å². The third-order valence-electron chi connectivity index (χ3n) is 1.22. The fourth-order valence-corrected chi connectivity index (χ4v) is 0.727. The van der Waals surface area contributed by atoms with Crippen LogP contribution in [0.25, 0.3) is 0 Å². The topological polar surface area (TPSA) is 63.4 Å². The first-order valence-electron chi connectivity index (χ1n) is 2.89. The van der Waals surface area contributed by atoms with Crippen molar-refractivity contribution in [3.05, 3.63) is 35.1 Å². The molecular weight excluding hydrogens is 146 g/mol. The first kappa shape index (κ1) is 7.31. The van der Waals surface area contributed by atoms with Gasteiger partial charge in [0.1, 0.15) is 11.5 Å². The van der Waals surface area contributed by atoms with Gasteiger partial charge in [0.05, 0.1) is 0 Å². The number of allylic oxidation sites excluding steroid dienone is 5. The minimum atomic E-state index is -0.361. The lowest BCUT2D eigenvalue weighted by molar-refractivity contribution is -0.725. The van der Waals surface area contributed by atoms with Crippen molar-refractivity contribution in [1.82, 2.24) is 0 Å². The normalized spacial score (nSPS) is 19.8. The minimum Gasteiger partial charge on any atom is -0.417 e. The Morgan fingerprint density at radius 1 is 1.45 bits per heavy atom. The fourth-order valence-electron chi connectivity index (χ4n) is 0.727. The van der Waals surface area contributed by atoms with Crippen LogP contribution < -0.4 is 0 Å². The zero-order chi connectivity index (χ0) is 8.27. The summed E-state index contributed by atoms with van der Waals surface area (Å²) in [6.45, 7) is 0. The molecule has 4 heteroatoms. The second-order valence-corrected chi connectivity index (χ2v) is 1.89. The van der Waals surface area contributed by atoms with Gasteiger partial charge < -0.3 is 5.21 Å². The molecule has 0 unspecified atom stereocenters. The van der Waals surface area contributed by atoms with Gasteiger partial charge in [-0.1, -0.05) is 12.2 Å². The molecule has 1 rings (SSSR count). The van der Waals surface area contributed by atoms with Crippen LogP contribution in [0, 0.1) is 5.21 Å². The van der Waals surface area contributed by atoms with Crippen LogP contribution in [-0.2, 0) is 4.79 Å². The van der Waals surface area contributed by atoms with Crippen molar-refractivity contribution >= 4 is 11.7 Å². The second-order valence-electron chi connectivity index (χ2n) is 1.89. The molecule has 0 atom stereocenters. The van der Waals surface area contributed by atoms with Crippen LogP contribution in [0.2, 0.25) is 0 Å². The van der Waals surface area contributed by atoms with Crippen LogP contribution >= 0.6 is 0 Å². The Morgan fingerprint density at radius 3 is 2.55 bits per heavy atom. The zero-order valence-electron chi connectivity index (χ0n) is 5.52. The lowest BCUT2D eigenvalue weighted by atomic mass is 10.1. The largest absolute Gasteiger partial charge is 0.417 e. The van der Waals surface area contributed by atoms with Crippen molar-refractivity contribution < 1.29 is 14.9 Å². The summed E-state index contributed by atoms with van der Waals surface area (Å²) >= 11 is 0. The molecular formula is C7H5NO3. The Balaban J connectivity index is 3.19. The van der Waals surface area contributed by atoms with Gasteiger partial charge in [0.15, 0.2) is 0 Å². The summed E-state index contributed by atoms with van der Waals surface area (Å²) in [5, 5.41) is 18.8. The molecule has 0 heterocycles. The maximum Gasteiger partial charge on any atom is 0.286 e. The first-order chi connectivity index (χ1) is 5.25. The average Bonchev–Trinajstić information content (AvgIpc) is 2.04. The summed E-state index contributed by atoms with van der Waals surface area (Å²) in [7, 11) is 0. The van der Waals surface area contributed by atoms with E-state index in [1.54, 1.807) is 6.08 Å². The van der Waals surface area contributed by atoms with Crippen molar-refractivity contribution in [2.24, 2.45) is 0 Å². The molecule has 0 saturated carbocycles. The van der Waals surface area contributed by atoms with Gasteiger partial charge in [-0.25, -0.2) is 4.79 Å². The van der Waals surface area contributed by atoms with E-state index in [2.05, 4.69) is 0 Å². The molecule has 0 amide bonds. The number of nitrogens with zero attached hydrogens (tertiary/aromatic N) is 1. The molecule has 0 aliphatic heterocycles. The second kappa shape index (κ2) is 2.86. The molecule has 0 fully saturated rings. The lowest BCUT2D eigenvalue weighted by Gasteiger charge is -1.96. The predicted octanol–water partition coefficient (Wildman–Crippen LogP) is 0.211. The molecule has 0 aromatic rings. The standard InChI is InChI=1S/C7H5NO3/c9-5-6-3-1-2-4-7(6)8(10)11/h1-4H,(H,10,11). The number of carbonyl (C=O) groups excluding carboxylic acids is 1. The number of rotatable bonds is 0. The van der Waals surface area contributed by atoms with Gasteiger partial charge in [-0.3, -0.25) is 5.21 Å². The maximum atomic E-state index is 10.3. The monoisotopic (exact) mass is 151 g/mol. The molecule has 1 N–H and O–H groups in total. The van der Waals surface area contributed by atoms with Crippen LogP contribution in [0.3, 0.4) is 0 Å². The van der Waals surface area contributed by atoms with E-state index in [1.807, 2.05) is 0 Å². The molecule has 0 radical (unpaired) electrons. The Kier molecular flexibility index (Phi) is 1.90. The average molecular weight is 151 g/mol. The first-order valence-corrected chi connectivity index (χ1v) is 2.89. The van der Waals surface area contributed by atoms with Crippen molar-refractivity contribution in [3.8, 4) is 0 Å². The quantitative estimate of drug-likeness (QED) is 0.233. The Hall–Kier alpha value is -1.80. The molecule has 1 aliphatic carbocycles. The highest BCUT2D eigenvalue weighted by Gasteiger charge is 2.14. The van der Waals surface area contributed by atoms with Crippen LogP contribution in [0.1, 0.15) is 0 Å². The van der Waals surface area contributed by atoms with E-state index >= 15 is 0 Å². The van der Waals surface area contributed by atoms with Crippen LogP contribution in [0.4, 0.5) is 0 Å². The lowest BCUT2D eigenvalue weighted by Crippen LogP contribution is -2.13. The molecule has 0 spiro atoms. The highest BCUT2D eigenvalue weighted by Crippen LogP contribution is 2.03. The SMILES string of the molecule is O=C=C1C=CC=CC1=[N+]([O-])O. The smallest absolute Gasteiger partial charge is 0.286 e. The Bertz CT molecular complexity index is 302. The highest BCUT2D eigenvalue weighted by atomic mass is 16.8. The summed E-state index contributed by atoms with van der Waals surface area (Å²) in [6, 6.07) is 0. The summed E-state index contributed by atoms with van der Waals surface area (Å²) in [6.07, 6.45) is 5.83. The van der Waals surface area contributed by atoms with Crippen LogP contribution in [0.15, 0.2) is 29.9 Å².